The number of aromatic nitrogens is 5. The Morgan fingerprint density at radius 3 is 1.64 bits per heavy atom. The minimum absolute atomic E-state index is 0.181. The Kier molecular flexibility index (Phi) is 7.60. The van der Waals surface area contributed by atoms with Crippen molar-refractivity contribution in [1.82, 2.24) is 24.1 Å². The maximum atomic E-state index is 5.60. The average molecular weight is 844 g/mol. The Hall–Kier alpha value is -8.41. The quantitative estimate of drug-likeness (QED) is 0.173. The van der Waals surface area contributed by atoms with Crippen LogP contribution in [0, 0.1) is 0 Å². The summed E-state index contributed by atoms with van der Waals surface area (Å²) < 4.78 is 4.75. The van der Waals surface area contributed by atoms with Crippen LogP contribution in [0.4, 0.5) is 0 Å². The van der Waals surface area contributed by atoms with Gasteiger partial charge in [-0.05, 0) is 87.0 Å². The average Bonchev–Trinajstić information content (AvgIpc) is 3.97. The molecule has 0 saturated heterocycles. The first kappa shape index (κ1) is 37.0. The Balaban J connectivity index is 1.11. The number of para-hydroxylation sites is 3. The second-order valence-electron chi connectivity index (χ2n) is 18.4. The first-order valence-corrected chi connectivity index (χ1v) is 22.8. The second kappa shape index (κ2) is 13.6. The molecule has 310 valence electrons. The van der Waals surface area contributed by atoms with E-state index >= 15 is 0 Å². The van der Waals surface area contributed by atoms with Crippen LogP contribution in [-0.4, -0.2) is 24.1 Å². The number of nitrogens with zero attached hydrogens (tertiary/aromatic N) is 5. The summed E-state index contributed by atoms with van der Waals surface area (Å²) in [6.45, 7) is 4.68. The van der Waals surface area contributed by atoms with Crippen molar-refractivity contribution >= 4 is 43.6 Å². The molecule has 14 rings (SSSR count). The molecular weight excluding hydrogens is 803 g/mol. The molecule has 9 aromatic carbocycles. The SMILES string of the molecule is CC1(C)c2ccccc2-c2cc3c4ccccc4n(-c4nc(-c5ccccc5)nc(-c5cc6c7c(c5)c5ccccc5n7-c5ccccc5C6(c5ccccc5)c5ccccc5)n4)c3cc21. The lowest BCUT2D eigenvalue weighted by Gasteiger charge is -2.42. The molecule has 0 spiro atoms. The summed E-state index contributed by atoms with van der Waals surface area (Å²) >= 11 is 0. The summed E-state index contributed by atoms with van der Waals surface area (Å²) in [5, 5.41) is 4.67. The smallest absolute Gasteiger partial charge is 0.238 e. The highest BCUT2D eigenvalue weighted by Gasteiger charge is 2.46. The van der Waals surface area contributed by atoms with E-state index in [0.29, 0.717) is 17.6 Å². The molecule has 12 aromatic rings. The van der Waals surface area contributed by atoms with Crippen molar-refractivity contribution in [1.29, 1.82) is 0 Å². The van der Waals surface area contributed by atoms with Gasteiger partial charge in [0.2, 0.25) is 5.95 Å². The summed E-state index contributed by atoms with van der Waals surface area (Å²) in [7, 11) is 0. The molecule has 5 heteroatoms. The summed E-state index contributed by atoms with van der Waals surface area (Å²) in [4.78, 5) is 16.4. The van der Waals surface area contributed by atoms with Gasteiger partial charge < -0.3 is 4.57 Å². The van der Waals surface area contributed by atoms with E-state index in [1.807, 2.05) is 6.07 Å². The number of hydrogen-bond acceptors (Lipinski definition) is 3. The predicted molar refractivity (Wildman–Crippen MR) is 269 cm³/mol. The van der Waals surface area contributed by atoms with Crippen molar-refractivity contribution in [3.8, 4) is 45.5 Å². The van der Waals surface area contributed by atoms with E-state index in [1.54, 1.807) is 0 Å². The van der Waals surface area contributed by atoms with E-state index in [4.69, 9.17) is 15.0 Å². The van der Waals surface area contributed by atoms with Gasteiger partial charge in [-0.3, -0.25) is 4.57 Å². The van der Waals surface area contributed by atoms with Crippen molar-refractivity contribution in [2.75, 3.05) is 0 Å². The van der Waals surface area contributed by atoms with Gasteiger partial charge in [0.15, 0.2) is 11.6 Å². The van der Waals surface area contributed by atoms with Crippen LogP contribution < -0.4 is 0 Å². The summed E-state index contributed by atoms with van der Waals surface area (Å²) in [5.41, 5.74) is 16.7. The lowest BCUT2D eigenvalue weighted by Crippen LogP contribution is -2.35. The standard InChI is InChI=1S/C61H41N5/c1-60(2)48-29-15-12-26-42(48)45-36-46-43-27-13-18-32-53(43)66(55(46)37-50(45)60)59-63-57(38-20-6-3-7-21-38)62-58(64-59)39-34-47-44-28-14-17-31-52(44)65-54-33-19-16-30-49(54)61(51(35-39)56(47)65,40-22-8-4-9-23-40)41-24-10-5-11-25-41/h3-37H,1-2H3. The largest absolute Gasteiger partial charge is 0.309 e. The summed E-state index contributed by atoms with van der Waals surface area (Å²) in [5.74, 6) is 1.81. The normalized spacial score (nSPS) is 14.2. The third kappa shape index (κ3) is 4.92. The Morgan fingerprint density at radius 1 is 0.364 bits per heavy atom. The molecule has 66 heavy (non-hydrogen) atoms. The number of hydrogen-bond donors (Lipinski definition) is 0. The van der Waals surface area contributed by atoms with E-state index in [0.717, 1.165) is 38.4 Å². The third-order valence-electron chi connectivity index (χ3n) is 14.6. The topological polar surface area (TPSA) is 48.5 Å². The highest BCUT2D eigenvalue weighted by Crippen LogP contribution is 2.55. The minimum atomic E-state index is -0.673. The predicted octanol–water partition coefficient (Wildman–Crippen LogP) is 14.4. The Bertz CT molecular complexity index is 3920. The molecule has 2 aliphatic rings. The molecule has 1 aliphatic carbocycles. The Labute approximate surface area is 382 Å². The number of benzene rings is 9. The zero-order valence-electron chi connectivity index (χ0n) is 36.4. The molecule has 1 aliphatic heterocycles. The lowest BCUT2D eigenvalue weighted by molar-refractivity contribution is 0.661. The maximum absolute atomic E-state index is 5.60. The van der Waals surface area contributed by atoms with E-state index in [9.17, 15) is 0 Å². The summed E-state index contributed by atoms with van der Waals surface area (Å²) in [6.07, 6.45) is 0. The lowest BCUT2D eigenvalue weighted by atomic mass is 9.63. The Morgan fingerprint density at radius 2 is 0.924 bits per heavy atom. The second-order valence-corrected chi connectivity index (χ2v) is 18.4. The first-order chi connectivity index (χ1) is 32.5. The van der Waals surface area contributed by atoms with Gasteiger partial charge >= 0.3 is 0 Å². The van der Waals surface area contributed by atoms with Gasteiger partial charge in [-0.2, -0.15) is 9.97 Å². The molecule has 5 nitrogen and oxygen atoms in total. The first-order valence-electron chi connectivity index (χ1n) is 22.8. The summed E-state index contributed by atoms with van der Waals surface area (Å²) in [6, 6.07) is 77.1. The molecular formula is C61H41N5. The zero-order chi connectivity index (χ0) is 43.7. The molecule has 0 unspecified atom stereocenters. The number of rotatable bonds is 5. The number of fused-ring (bicyclic) bond motifs is 11. The van der Waals surface area contributed by atoms with Gasteiger partial charge in [-0.25, -0.2) is 4.98 Å². The van der Waals surface area contributed by atoms with E-state index in [-0.39, 0.29) is 5.41 Å². The van der Waals surface area contributed by atoms with Crippen LogP contribution in [0.5, 0.6) is 0 Å². The molecule has 0 fully saturated rings. The molecule has 0 bridgehead atoms. The van der Waals surface area contributed by atoms with Crippen molar-refractivity contribution in [3.63, 3.8) is 0 Å². The fraction of sp³-hybridized carbons (Fsp3) is 0.0656. The van der Waals surface area contributed by atoms with Gasteiger partial charge in [-0.1, -0.05) is 184 Å². The van der Waals surface area contributed by atoms with Crippen molar-refractivity contribution in [2.24, 2.45) is 0 Å². The third-order valence-corrected chi connectivity index (χ3v) is 14.6. The van der Waals surface area contributed by atoms with Gasteiger partial charge in [0.1, 0.15) is 0 Å². The van der Waals surface area contributed by atoms with Crippen LogP contribution in [0.1, 0.15) is 47.2 Å². The van der Waals surface area contributed by atoms with Crippen LogP contribution in [0.25, 0.3) is 89.2 Å². The van der Waals surface area contributed by atoms with Gasteiger partial charge in [0.05, 0.1) is 33.2 Å². The fourth-order valence-electron chi connectivity index (χ4n) is 11.7. The maximum Gasteiger partial charge on any atom is 0.238 e. The molecule has 0 N–H and O–H groups in total. The van der Waals surface area contributed by atoms with Gasteiger partial charge in [-0.15, -0.1) is 0 Å². The van der Waals surface area contributed by atoms with E-state index in [1.165, 1.54) is 66.5 Å². The van der Waals surface area contributed by atoms with Gasteiger partial charge in [0, 0.05) is 38.1 Å². The van der Waals surface area contributed by atoms with Crippen LogP contribution >= 0.6 is 0 Å². The van der Waals surface area contributed by atoms with Crippen LogP contribution in [0.15, 0.2) is 212 Å². The van der Waals surface area contributed by atoms with Crippen molar-refractivity contribution in [2.45, 2.75) is 24.7 Å². The molecule has 0 amide bonds. The molecule has 0 saturated carbocycles. The highest BCUT2D eigenvalue weighted by molar-refractivity contribution is 6.14. The van der Waals surface area contributed by atoms with Crippen molar-refractivity contribution < 1.29 is 0 Å². The molecule has 0 radical (unpaired) electrons. The van der Waals surface area contributed by atoms with E-state index < -0.39 is 5.41 Å². The fourth-order valence-corrected chi connectivity index (χ4v) is 11.7. The van der Waals surface area contributed by atoms with Crippen molar-refractivity contribution in [3.05, 3.63) is 246 Å². The van der Waals surface area contributed by atoms with Gasteiger partial charge in [0.25, 0.3) is 0 Å². The van der Waals surface area contributed by atoms with Crippen LogP contribution in [0.3, 0.4) is 0 Å². The monoisotopic (exact) mass is 843 g/mol. The molecule has 4 heterocycles. The molecule has 3 aromatic heterocycles. The molecule has 0 atom stereocenters. The zero-order valence-corrected chi connectivity index (χ0v) is 36.4. The van der Waals surface area contributed by atoms with E-state index in [2.05, 4.69) is 229 Å². The highest BCUT2D eigenvalue weighted by atomic mass is 15.2. The van der Waals surface area contributed by atoms with Crippen LogP contribution in [0.2, 0.25) is 0 Å². The minimum Gasteiger partial charge on any atom is -0.309 e. The van der Waals surface area contributed by atoms with Crippen LogP contribution in [-0.2, 0) is 10.8 Å².